The molecule has 0 aliphatic heterocycles. The first-order valence-electron chi connectivity index (χ1n) is 11.4. The lowest BCUT2D eigenvalue weighted by atomic mass is 9.86. The average molecular weight is 494 g/mol. The topological polar surface area (TPSA) is 83.6 Å². The zero-order valence-electron chi connectivity index (χ0n) is 19.6. The van der Waals surface area contributed by atoms with Crippen LogP contribution in [0.4, 0.5) is 5.69 Å². The van der Waals surface area contributed by atoms with Crippen molar-refractivity contribution in [2.24, 2.45) is 0 Å². The maximum Gasteiger partial charge on any atom is 0.234 e. The van der Waals surface area contributed by atoms with Crippen LogP contribution in [0.25, 0.3) is 11.4 Å². The van der Waals surface area contributed by atoms with Gasteiger partial charge in [0.25, 0.3) is 0 Å². The maximum atomic E-state index is 12.7. The molecule has 2 aromatic carbocycles. The van der Waals surface area contributed by atoms with E-state index in [4.69, 9.17) is 11.6 Å². The van der Waals surface area contributed by atoms with Gasteiger partial charge in [-0.25, -0.2) is 0 Å². The number of hydrogen-bond acceptors (Lipinski definition) is 5. The molecule has 8 heteroatoms. The van der Waals surface area contributed by atoms with E-state index in [0.717, 1.165) is 29.4 Å². The van der Waals surface area contributed by atoms with Crippen LogP contribution in [0.2, 0.25) is 5.02 Å². The Hall–Kier alpha value is -2.82. The second-order valence-electron chi connectivity index (χ2n) is 9.58. The Morgan fingerprint density at radius 2 is 1.88 bits per heavy atom. The summed E-state index contributed by atoms with van der Waals surface area (Å²) in [5.41, 5.74) is 3.17. The number of halogens is 1. The van der Waals surface area contributed by atoms with E-state index in [1.54, 1.807) is 18.2 Å². The Bertz CT molecular complexity index is 1220. The fourth-order valence-electron chi connectivity index (χ4n) is 4.22. The standard InChI is InChI=1S/C26H28ClN5OS/c1-26(2,3)19-11-8-17(9-12-19)24-30-31-25(32(24)21-6-4-5-7-21)34-16-23(33)29-22-14-20(27)13-10-18(22)15-28/h8-14,21H,4-7,16H2,1-3H3,(H,29,33). The first-order valence-corrected chi connectivity index (χ1v) is 12.8. The minimum absolute atomic E-state index is 0.0838. The summed E-state index contributed by atoms with van der Waals surface area (Å²) >= 11 is 7.39. The monoisotopic (exact) mass is 493 g/mol. The molecular weight excluding hydrogens is 466 g/mol. The van der Waals surface area contributed by atoms with Gasteiger partial charge in [-0.15, -0.1) is 10.2 Å². The third-order valence-corrected chi connectivity index (χ3v) is 7.25. The van der Waals surface area contributed by atoms with Crippen LogP contribution in [0, 0.1) is 11.3 Å². The SMILES string of the molecule is CC(C)(C)c1ccc(-c2nnc(SCC(=O)Nc3cc(Cl)ccc3C#N)n2C2CCCC2)cc1. The number of carbonyl (C=O) groups is 1. The van der Waals surface area contributed by atoms with Gasteiger partial charge in [0.15, 0.2) is 11.0 Å². The van der Waals surface area contributed by atoms with Crippen molar-refractivity contribution in [3.63, 3.8) is 0 Å². The molecule has 0 spiro atoms. The van der Waals surface area contributed by atoms with Crippen LogP contribution in [0.5, 0.6) is 0 Å². The van der Waals surface area contributed by atoms with Crippen molar-refractivity contribution in [1.29, 1.82) is 5.26 Å². The van der Waals surface area contributed by atoms with E-state index in [9.17, 15) is 10.1 Å². The molecular formula is C26H28ClN5OS. The number of amides is 1. The van der Waals surface area contributed by atoms with E-state index < -0.39 is 0 Å². The van der Waals surface area contributed by atoms with Gasteiger partial charge in [0, 0.05) is 16.6 Å². The van der Waals surface area contributed by atoms with E-state index in [-0.39, 0.29) is 17.1 Å². The van der Waals surface area contributed by atoms with Gasteiger partial charge < -0.3 is 5.32 Å². The highest BCUT2D eigenvalue weighted by atomic mass is 35.5. The molecule has 4 rings (SSSR count). The van der Waals surface area contributed by atoms with E-state index >= 15 is 0 Å². The number of thioether (sulfide) groups is 1. The summed E-state index contributed by atoms with van der Waals surface area (Å²) in [5.74, 6) is 0.781. The summed E-state index contributed by atoms with van der Waals surface area (Å²) in [7, 11) is 0. The third-order valence-electron chi connectivity index (χ3n) is 6.07. The fourth-order valence-corrected chi connectivity index (χ4v) is 5.19. The Labute approximate surface area is 209 Å². The smallest absolute Gasteiger partial charge is 0.234 e. The lowest BCUT2D eigenvalue weighted by Gasteiger charge is -2.20. The van der Waals surface area contributed by atoms with Gasteiger partial charge in [-0.1, -0.05) is 81.2 Å². The number of nitrogens with one attached hydrogen (secondary N) is 1. The summed E-state index contributed by atoms with van der Waals surface area (Å²) in [6.07, 6.45) is 4.53. The van der Waals surface area contributed by atoms with Crippen LogP contribution in [-0.4, -0.2) is 26.4 Å². The Morgan fingerprint density at radius 1 is 1.18 bits per heavy atom. The summed E-state index contributed by atoms with van der Waals surface area (Å²) in [4.78, 5) is 12.7. The van der Waals surface area contributed by atoms with Crippen LogP contribution in [-0.2, 0) is 10.2 Å². The second-order valence-corrected chi connectivity index (χ2v) is 11.0. The van der Waals surface area contributed by atoms with Crippen molar-refractivity contribution < 1.29 is 4.79 Å². The van der Waals surface area contributed by atoms with Crippen molar-refractivity contribution >= 4 is 35.0 Å². The number of nitrogens with zero attached hydrogens (tertiary/aromatic N) is 4. The molecule has 176 valence electrons. The fraction of sp³-hybridized carbons (Fsp3) is 0.385. The van der Waals surface area contributed by atoms with Gasteiger partial charge in [-0.05, 0) is 42.0 Å². The largest absolute Gasteiger partial charge is 0.324 e. The number of nitriles is 1. The van der Waals surface area contributed by atoms with Gasteiger partial charge in [-0.3, -0.25) is 9.36 Å². The van der Waals surface area contributed by atoms with Crippen LogP contribution in [0.3, 0.4) is 0 Å². The second kappa shape index (κ2) is 10.2. The van der Waals surface area contributed by atoms with E-state index in [0.29, 0.717) is 22.3 Å². The molecule has 6 nitrogen and oxygen atoms in total. The highest BCUT2D eigenvalue weighted by Crippen LogP contribution is 2.37. The van der Waals surface area contributed by atoms with E-state index in [2.05, 4.69) is 71.2 Å². The Balaban J connectivity index is 1.55. The molecule has 1 heterocycles. The van der Waals surface area contributed by atoms with Crippen LogP contribution < -0.4 is 5.32 Å². The molecule has 0 unspecified atom stereocenters. The first kappa shape index (κ1) is 24.3. The van der Waals surface area contributed by atoms with Crippen molar-refractivity contribution in [3.8, 4) is 17.5 Å². The molecule has 1 amide bonds. The number of hydrogen-bond donors (Lipinski definition) is 1. The molecule has 1 aromatic heterocycles. The van der Waals surface area contributed by atoms with E-state index in [1.807, 2.05) is 0 Å². The molecule has 1 aliphatic rings. The van der Waals surface area contributed by atoms with Gasteiger partial charge in [-0.2, -0.15) is 5.26 Å². The van der Waals surface area contributed by atoms with Gasteiger partial charge >= 0.3 is 0 Å². The zero-order valence-corrected chi connectivity index (χ0v) is 21.2. The van der Waals surface area contributed by atoms with Gasteiger partial charge in [0.05, 0.1) is 17.0 Å². The number of benzene rings is 2. The predicted molar refractivity (Wildman–Crippen MR) is 137 cm³/mol. The van der Waals surface area contributed by atoms with E-state index in [1.165, 1.54) is 30.2 Å². The van der Waals surface area contributed by atoms with Crippen LogP contribution in [0.1, 0.15) is 63.6 Å². The molecule has 0 atom stereocenters. The van der Waals surface area contributed by atoms with Gasteiger partial charge in [0.1, 0.15) is 6.07 Å². The van der Waals surface area contributed by atoms with Gasteiger partial charge in [0.2, 0.25) is 5.91 Å². The van der Waals surface area contributed by atoms with Crippen molar-refractivity contribution in [3.05, 3.63) is 58.6 Å². The molecule has 1 saturated carbocycles. The minimum Gasteiger partial charge on any atom is -0.324 e. The molecule has 0 radical (unpaired) electrons. The molecule has 34 heavy (non-hydrogen) atoms. The Kier molecular flexibility index (Phi) is 7.30. The zero-order chi connectivity index (χ0) is 24.3. The third kappa shape index (κ3) is 5.45. The minimum atomic E-state index is -0.221. The number of anilines is 1. The molecule has 1 aliphatic carbocycles. The number of aromatic nitrogens is 3. The summed E-state index contributed by atoms with van der Waals surface area (Å²) in [6.45, 7) is 6.60. The predicted octanol–water partition coefficient (Wildman–Crippen LogP) is 6.61. The molecule has 0 saturated heterocycles. The number of rotatable bonds is 6. The summed E-state index contributed by atoms with van der Waals surface area (Å²) in [6, 6.07) is 15.7. The van der Waals surface area contributed by atoms with Crippen molar-refractivity contribution in [2.75, 3.05) is 11.1 Å². The molecule has 1 fully saturated rings. The Morgan fingerprint density at radius 3 is 2.53 bits per heavy atom. The van der Waals surface area contributed by atoms with Crippen molar-refractivity contribution in [2.45, 2.75) is 63.1 Å². The quantitative estimate of drug-likeness (QED) is 0.390. The molecule has 3 aromatic rings. The first-order chi connectivity index (χ1) is 16.3. The normalized spacial score (nSPS) is 14.2. The lowest BCUT2D eigenvalue weighted by molar-refractivity contribution is -0.113. The maximum absolute atomic E-state index is 12.7. The average Bonchev–Trinajstić information content (AvgIpc) is 3.47. The number of carbonyl (C=O) groups excluding carboxylic acids is 1. The van der Waals surface area contributed by atoms with Crippen LogP contribution >= 0.6 is 23.4 Å². The van der Waals surface area contributed by atoms with Crippen molar-refractivity contribution in [1.82, 2.24) is 14.8 Å². The molecule has 1 N–H and O–H groups in total. The highest BCUT2D eigenvalue weighted by Gasteiger charge is 2.26. The summed E-state index contributed by atoms with van der Waals surface area (Å²) in [5, 5.41) is 22.3. The lowest BCUT2D eigenvalue weighted by Crippen LogP contribution is -2.16. The van der Waals surface area contributed by atoms with Crippen LogP contribution in [0.15, 0.2) is 47.6 Å². The molecule has 0 bridgehead atoms. The highest BCUT2D eigenvalue weighted by molar-refractivity contribution is 7.99. The summed E-state index contributed by atoms with van der Waals surface area (Å²) < 4.78 is 2.21.